The summed E-state index contributed by atoms with van der Waals surface area (Å²) in [4.78, 5) is 22.4. The quantitative estimate of drug-likeness (QED) is 0.851. The van der Waals surface area contributed by atoms with Gasteiger partial charge in [0.15, 0.2) is 5.43 Å². The van der Waals surface area contributed by atoms with E-state index in [9.17, 15) is 9.59 Å². The molecule has 0 bridgehead atoms. The SMILES string of the molecule is NC(=O)c1cn(Cc2ccccc2)ccc1=O. The second-order valence-corrected chi connectivity index (χ2v) is 3.74. The Bertz CT molecular complexity index is 588. The Hall–Kier alpha value is -2.36. The first-order chi connectivity index (χ1) is 8.16. The van der Waals surface area contributed by atoms with Crippen molar-refractivity contribution >= 4 is 5.91 Å². The Labute approximate surface area is 98.3 Å². The highest BCUT2D eigenvalue weighted by Gasteiger charge is 2.06. The largest absolute Gasteiger partial charge is 0.365 e. The molecule has 0 aliphatic rings. The summed E-state index contributed by atoms with van der Waals surface area (Å²) in [7, 11) is 0. The van der Waals surface area contributed by atoms with Gasteiger partial charge in [-0.25, -0.2) is 0 Å². The average Bonchev–Trinajstić information content (AvgIpc) is 2.32. The fourth-order valence-electron chi connectivity index (χ4n) is 1.60. The molecule has 17 heavy (non-hydrogen) atoms. The van der Waals surface area contributed by atoms with Crippen LogP contribution in [0.2, 0.25) is 0 Å². The van der Waals surface area contributed by atoms with Crippen molar-refractivity contribution in [2.75, 3.05) is 0 Å². The van der Waals surface area contributed by atoms with Gasteiger partial charge in [-0.2, -0.15) is 0 Å². The van der Waals surface area contributed by atoms with E-state index in [4.69, 9.17) is 5.73 Å². The predicted octanol–water partition coefficient (Wildman–Crippen LogP) is 0.996. The van der Waals surface area contributed by atoms with Gasteiger partial charge in [-0.1, -0.05) is 30.3 Å². The van der Waals surface area contributed by atoms with E-state index in [1.165, 1.54) is 12.3 Å². The van der Waals surface area contributed by atoms with Crippen LogP contribution < -0.4 is 11.2 Å². The molecule has 0 aliphatic carbocycles. The van der Waals surface area contributed by atoms with Crippen LogP contribution in [0.1, 0.15) is 15.9 Å². The Balaban J connectivity index is 2.32. The number of hydrogen-bond acceptors (Lipinski definition) is 2. The zero-order valence-electron chi connectivity index (χ0n) is 9.17. The minimum absolute atomic E-state index is 0.0171. The van der Waals surface area contributed by atoms with Crippen molar-refractivity contribution in [3.8, 4) is 0 Å². The molecule has 0 fully saturated rings. The molecule has 0 atom stereocenters. The maximum Gasteiger partial charge on any atom is 0.254 e. The normalized spacial score (nSPS) is 10.1. The zero-order valence-corrected chi connectivity index (χ0v) is 9.17. The van der Waals surface area contributed by atoms with Crippen molar-refractivity contribution in [1.82, 2.24) is 4.57 Å². The molecule has 1 heterocycles. The fraction of sp³-hybridized carbons (Fsp3) is 0.0769. The lowest BCUT2D eigenvalue weighted by atomic mass is 10.2. The van der Waals surface area contributed by atoms with Crippen molar-refractivity contribution in [2.24, 2.45) is 5.73 Å². The monoisotopic (exact) mass is 228 g/mol. The summed E-state index contributed by atoms with van der Waals surface area (Å²) in [5.74, 6) is -0.697. The summed E-state index contributed by atoms with van der Waals surface area (Å²) >= 11 is 0. The third kappa shape index (κ3) is 2.60. The number of pyridine rings is 1. The molecule has 0 aliphatic heterocycles. The van der Waals surface area contributed by atoms with Gasteiger partial charge in [0.05, 0.1) is 0 Å². The molecule has 2 rings (SSSR count). The van der Waals surface area contributed by atoms with Crippen LogP contribution in [0, 0.1) is 0 Å². The van der Waals surface area contributed by atoms with Crippen LogP contribution in [-0.2, 0) is 6.54 Å². The van der Waals surface area contributed by atoms with E-state index in [2.05, 4.69) is 0 Å². The maximum absolute atomic E-state index is 11.4. The van der Waals surface area contributed by atoms with Crippen LogP contribution in [0.15, 0.2) is 53.6 Å². The second kappa shape index (κ2) is 4.65. The summed E-state index contributed by atoms with van der Waals surface area (Å²) in [6, 6.07) is 11.1. The van der Waals surface area contributed by atoms with Gasteiger partial charge in [0.1, 0.15) is 5.56 Å². The van der Waals surface area contributed by atoms with Gasteiger partial charge in [0.25, 0.3) is 5.91 Å². The Morgan fingerprint density at radius 1 is 1.18 bits per heavy atom. The standard InChI is InChI=1S/C13H12N2O2/c14-13(17)11-9-15(7-6-12(11)16)8-10-4-2-1-3-5-10/h1-7,9H,8H2,(H2,14,17). The second-order valence-electron chi connectivity index (χ2n) is 3.74. The predicted molar refractivity (Wildman–Crippen MR) is 64.8 cm³/mol. The van der Waals surface area contributed by atoms with Crippen molar-refractivity contribution in [3.63, 3.8) is 0 Å². The van der Waals surface area contributed by atoms with Crippen molar-refractivity contribution in [1.29, 1.82) is 0 Å². The van der Waals surface area contributed by atoms with E-state index in [-0.39, 0.29) is 11.0 Å². The third-order valence-corrected chi connectivity index (χ3v) is 2.45. The first kappa shape index (κ1) is 11.1. The number of carbonyl (C=O) groups is 1. The molecule has 4 heteroatoms. The number of rotatable bonds is 3. The number of benzene rings is 1. The van der Waals surface area contributed by atoms with E-state index in [1.807, 2.05) is 30.3 Å². The van der Waals surface area contributed by atoms with Gasteiger partial charge >= 0.3 is 0 Å². The molecular weight excluding hydrogens is 216 g/mol. The first-order valence-electron chi connectivity index (χ1n) is 5.20. The van der Waals surface area contributed by atoms with Gasteiger partial charge in [-0.05, 0) is 5.56 Å². The number of carbonyl (C=O) groups excluding carboxylic acids is 1. The van der Waals surface area contributed by atoms with Crippen LogP contribution >= 0.6 is 0 Å². The number of aromatic nitrogens is 1. The van der Waals surface area contributed by atoms with E-state index in [1.54, 1.807) is 10.8 Å². The van der Waals surface area contributed by atoms with Gasteiger partial charge in [-0.15, -0.1) is 0 Å². The van der Waals surface area contributed by atoms with Crippen molar-refractivity contribution < 1.29 is 4.79 Å². The Kier molecular flexibility index (Phi) is 3.05. The number of hydrogen-bond donors (Lipinski definition) is 1. The van der Waals surface area contributed by atoms with Gasteiger partial charge in [-0.3, -0.25) is 9.59 Å². The van der Waals surface area contributed by atoms with Crippen molar-refractivity contribution in [3.05, 3.63) is 70.1 Å². The van der Waals surface area contributed by atoms with Crippen LogP contribution in [-0.4, -0.2) is 10.5 Å². The number of nitrogens with two attached hydrogens (primary N) is 1. The highest BCUT2D eigenvalue weighted by Crippen LogP contribution is 2.02. The molecule has 2 N–H and O–H groups in total. The zero-order chi connectivity index (χ0) is 12.3. The molecule has 1 amide bonds. The summed E-state index contributed by atoms with van der Waals surface area (Å²) in [5.41, 5.74) is 5.89. The van der Waals surface area contributed by atoms with Gasteiger partial charge in [0.2, 0.25) is 0 Å². The molecule has 0 radical (unpaired) electrons. The Morgan fingerprint density at radius 2 is 1.88 bits per heavy atom. The highest BCUT2D eigenvalue weighted by molar-refractivity contribution is 5.92. The molecule has 0 saturated carbocycles. The van der Waals surface area contributed by atoms with E-state index in [0.29, 0.717) is 6.54 Å². The summed E-state index contributed by atoms with van der Waals surface area (Å²) in [6.07, 6.45) is 3.12. The first-order valence-corrected chi connectivity index (χ1v) is 5.20. The molecule has 2 aromatic rings. The minimum Gasteiger partial charge on any atom is -0.365 e. The summed E-state index contributed by atoms with van der Waals surface area (Å²) < 4.78 is 1.76. The number of amides is 1. The smallest absolute Gasteiger partial charge is 0.254 e. The number of nitrogens with zero attached hydrogens (tertiary/aromatic N) is 1. The molecule has 86 valence electrons. The molecule has 1 aromatic heterocycles. The minimum atomic E-state index is -0.697. The molecule has 1 aromatic carbocycles. The average molecular weight is 228 g/mol. The third-order valence-electron chi connectivity index (χ3n) is 2.45. The molecular formula is C13H12N2O2. The Morgan fingerprint density at radius 3 is 2.53 bits per heavy atom. The van der Waals surface area contributed by atoms with E-state index < -0.39 is 5.91 Å². The molecule has 0 unspecified atom stereocenters. The maximum atomic E-state index is 11.4. The van der Waals surface area contributed by atoms with Crippen LogP contribution in [0.25, 0.3) is 0 Å². The van der Waals surface area contributed by atoms with Gasteiger partial charge < -0.3 is 10.3 Å². The number of primary amides is 1. The van der Waals surface area contributed by atoms with E-state index in [0.717, 1.165) is 5.56 Å². The summed E-state index contributed by atoms with van der Waals surface area (Å²) in [6.45, 7) is 0.599. The highest BCUT2D eigenvalue weighted by atomic mass is 16.2. The lowest BCUT2D eigenvalue weighted by Crippen LogP contribution is -2.22. The van der Waals surface area contributed by atoms with Gasteiger partial charge in [0, 0.05) is 25.0 Å². The molecule has 4 nitrogen and oxygen atoms in total. The fourth-order valence-corrected chi connectivity index (χ4v) is 1.60. The van der Waals surface area contributed by atoms with Crippen LogP contribution in [0.4, 0.5) is 0 Å². The molecule has 0 saturated heterocycles. The van der Waals surface area contributed by atoms with Crippen LogP contribution in [0.3, 0.4) is 0 Å². The lowest BCUT2D eigenvalue weighted by molar-refractivity contribution is 0.0998. The van der Waals surface area contributed by atoms with Crippen molar-refractivity contribution in [2.45, 2.75) is 6.54 Å². The summed E-state index contributed by atoms with van der Waals surface area (Å²) in [5, 5.41) is 0. The topological polar surface area (TPSA) is 65.1 Å². The van der Waals surface area contributed by atoms with Crippen LogP contribution in [0.5, 0.6) is 0 Å². The molecule has 0 spiro atoms. The lowest BCUT2D eigenvalue weighted by Gasteiger charge is -2.07. The van der Waals surface area contributed by atoms with E-state index >= 15 is 0 Å².